The molecule has 0 aromatic heterocycles. The number of nitrogens with one attached hydrogen (secondary N) is 2. The molecule has 2 aliphatic rings. The van der Waals surface area contributed by atoms with Gasteiger partial charge in [0.15, 0.2) is 0 Å². The molecule has 3 rings (SSSR count). The summed E-state index contributed by atoms with van der Waals surface area (Å²) < 4.78 is 0. The Bertz CT molecular complexity index is 421. The summed E-state index contributed by atoms with van der Waals surface area (Å²) in [6, 6.07) is 5.95. The van der Waals surface area contributed by atoms with Crippen LogP contribution in [0.4, 0.5) is 11.4 Å². The van der Waals surface area contributed by atoms with Gasteiger partial charge in [-0.3, -0.25) is 4.79 Å². The summed E-state index contributed by atoms with van der Waals surface area (Å²) in [5.74, 6) is 0.121. The average molecular weight is 188 g/mol. The maximum Gasteiger partial charge on any atom is 0.250 e. The van der Waals surface area contributed by atoms with Gasteiger partial charge in [0.1, 0.15) is 5.54 Å². The first-order valence-electron chi connectivity index (χ1n) is 4.91. The molecule has 1 aliphatic carbocycles. The van der Waals surface area contributed by atoms with Crippen LogP contribution in [0.15, 0.2) is 18.2 Å². The smallest absolute Gasteiger partial charge is 0.250 e. The summed E-state index contributed by atoms with van der Waals surface area (Å²) >= 11 is 0. The van der Waals surface area contributed by atoms with Gasteiger partial charge in [0.2, 0.25) is 5.91 Å². The summed E-state index contributed by atoms with van der Waals surface area (Å²) in [6.45, 7) is 2.05. The van der Waals surface area contributed by atoms with Crippen LogP contribution in [0.1, 0.15) is 18.4 Å². The third-order valence-corrected chi connectivity index (χ3v) is 3.07. The van der Waals surface area contributed by atoms with E-state index >= 15 is 0 Å². The molecular formula is C11H12N2O. The number of para-hydroxylation sites is 1. The lowest BCUT2D eigenvalue weighted by atomic mass is 10.1. The van der Waals surface area contributed by atoms with E-state index in [-0.39, 0.29) is 11.4 Å². The van der Waals surface area contributed by atoms with E-state index in [1.807, 2.05) is 12.1 Å². The molecule has 1 aromatic rings. The van der Waals surface area contributed by atoms with Crippen LogP contribution in [0.2, 0.25) is 0 Å². The predicted molar refractivity (Wildman–Crippen MR) is 55.4 cm³/mol. The zero-order valence-electron chi connectivity index (χ0n) is 8.05. The van der Waals surface area contributed by atoms with Crippen LogP contribution in [0.25, 0.3) is 0 Å². The Labute approximate surface area is 82.5 Å². The fourth-order valence-corrected chi connectivity index (χ4v) is 1.95. The van der Waals surface area contributed by atoms with Crippen molar-refractivity contribution in [2.75, 3.05) is 10.6 Å². The molecular weight excluding hydrogens is 176 g/mol. The van der Waals surface area contributed by atoms with Crippen molar-refractivity contribution in [2.24, 2.45) is 0 Å². The van der Waals surface area contributed by atoms with Gasteiger partial charge >= 0.3 is 0 Å². The number of anilines is 2. The molecule has 2 N–H and O–H groups in total. The minimum Gasteiger partial charge on any atom is -0.369 e. The maximum atomic E-state index is 11.7. The van der Waals surface area contributed by atoms with Gasteiger partial charge in [-0.1, -0.05) is 12.1 Å². The summed E-state index contributed by atoms with van der Waals surface area (Å²) in [5, 5.41) is 6.31. The predicted octanol–water partition coefficient (Wildman–Crippen LogP) is 1.89. The number of benzene rings is 1. The molecule has 3 nitrogen and oxygen atoms in total. The first kappa shape index (κ1) is 7.85. The van der Waals surface area contributed by atoms with Crippen LogP contribution in [0, 0.1) is 6.92 Å². The molecule has 0 saturated heterocycles. The normalized spacial score (nSPS) is 21.1. The monoisotopic (exact) mass is 188 g/mol. The van der Waals surface area contributed by atoms with Crippen LogP contribution in [0.3, 0.4) is 0 Å². The second-order valence-electron chi connectivity index (χ2n) is 4.16. The van der Waals surface area contributed by atoms with Gasteiger partial charge in [0, 0.05) is 0 Å². The Morgan fingerprint density at radius 3 is 2.86 bits per heavy atom. The van der Waals surface area contributed by atoms with E-state index in [2.05, 4.69) is 23.6 Å². The molecule has 0 atom stereocenters. The van der Waals surface area contributed by atoms with E-state index in [1.165, 1.54) is 5.56 Å². The number of carbonyl (C=O) groups excluding carboxylic acids is 1. The Morgan fingerprint density at radius 2 is 2.14 bits per heavy atom. The Hall–Kier alpha value is -1.51. The fourth-order valence-electron chi connectivity index (χ4n) is 1.95. The van der Waals surface area contributed by atoms with Gasteiger partial charge in [-0.05, 0) is 31.4 Å². The minimum absolute atomic E-state index is 0.121. The molecule has 1 aromatic carbocycles. The highest BCUT2D eigenvalue weighted by atomic mass is 16.2. The van der Waals surface area contributed by atoms with E-state index in [4.69, 9.17) is 0 Å². The molecule has 1 fully saturated rings. The summed E-state index contributed by atoms with van der Waals surface area (Å²) in [5.41, 5.74) is 2.91. The van der Waals surface area contributed by atoms with Crippen LogP contribution < -0.4 is 10.6 Å². The van der Waals surface area contributed by atoms with Crippen molar-refractivity contribution in [2.45, 2.75) is 25.3 Å². The van der Waals surface area contributed by atoms with E-state index in [9.17, 15) is 4.79 Å². The van der Waals surface area contributed by atoms with E-state index in [1.54, 1.807) is 0 Å². The van der Waals surface area contributed by atoms with Gasteiger partial charge in [-0.2, -0.15) is 0 Å². The van der Waals surface area contributed by atoms with Crippen LogP contribution in [-0.4, -0.2) is 11.4 Å². The summed E-state index contributed by atoms with van der Waals surface area (Å²) in [6.07, 6.45) is 1.90. The maximum absolute atomic E-state index is 11.7. The van der Waals surface area contributed by atoms with Gasteiger partial charge in [-0.25, -0.2) is 0 Å². The number of fused-ring (bicyclic) bond motifs is 1. The second-order valence-corrected chi connectivity index (χ2v) is 4.16. The Morgan fingerprint density at radius 1 is 1.36 bits per heavy atom. The second kappa shape index (κ2) is 2.29. The SMILES string of the molecule is Cc1cccc2c1NC1(CC1)C(=O)N2. The number of hydrogen-bond acceptors (Lipinski definition) is 2. The molecule has 1 spiro atoms. The van der Waals surface area contributed by atoms with Crippen molar-refractivity contribution >= 4 is 17.3 Å². The zero-order chi connectivity index (χ0) is 9.76. The molecule has 72 valence electrons. The van der Waals surface area contributed by atoms with E-state index in [0.717, 1.165) is 24.2 Å². The lowest BCUT2D eigenvalue weighted by Crippen LogP contribution is -2.41. The quantitative estimate of drug-likeness (QED) is 0.652. The molecule has 3 heteroatoms. The fraction of sp³-hybridized carbons (Fsp3) is 0.364. The lowest BCUT2D eigenvalue weighted by molar-refractivity contribution is -0.117. The van der Waals surface area contributed by atoms with Crippen molar-refractivity contribution in [3.63, 3.8) is 0 Å². The van der Waals surface area contributed by atoms with Crippen LogP contribution in [0.5, 0.6) is 0 Å². The number of rotatable bonds is 0. The number of hydrogen-bond donors (Lipinski definition) is 2. The van der Waals surface area contributed by atoms with Crippen molar-refractivity contribution < 1.29 is 4.79 Å². The lowest BCUT2D eigenvalue weighted by Gasteiger charge is -2.27. The van der Waals surface area contributed by atoms with Gasteiger partial charge < -0.3 is 10.6 Å². The largest absolute Gasteiger partial charge is 0.369 e. The minimum atomic E-state index is -0.279. The average Bonchev–Trinajstić information content (AvgIpc) is 2.91. The Kier molecular flexibility index (Phi) is 1.29. The highest BCUT2D eigenvalue weighted by Crippen LogP contribution is 2.45. The number of carbonyl (C=O) groups is 1. The van der Waals surface area contributed by atoms with Crippen molar-refractivity contribution in [1.29, 1.82) is 0 Å². The van der Waals surface area contributed by atoms with Crippen molar-refractivity contribution in [3.8, 4) is 0 Å². The van der Waals surface area contributed by atoms with Crippen LogP contribution >= 0.6 is 0 Å². The Balaban J connectivity index is 2.11. The molecule has 1 amide bonds. The van der Waals surface area contributed by atoms with Gasteiger partial charge in [0.25, 0.3) is 0 Å². The molecule has 0 bridgehead atoms. The van der Waals surface area contributed by atoms with E-state index < -0.39 is 0 Å². The number of aryl methyl sites for hydroxylation is 1. The molecule has 1 heterocycles. The van der Waals surface area contributed by atoms with Crippen molar-refractivity contribution in [3.05, 3.63) is 23.8 Å². The molecule has 1 saturated carbocycles. The summed E-state index contributed by atoms with van der Waals surface area (Å²) in [4.78, 5) is 11.7. The zero-order valence-corrected chi connectivity index (χ0v) is 8.05. The third-order valence-electron chi connectivity index (χ3n) is 3.07. The molecule has 0 unspecified atom stereocenters. The first-order valence-corrected chi connectivity index (χ1v) is 4.91. The highest BCUT2D eigenvalue weighted by molar-refractivity contribution is 6.08. The van der Waals surface area contributed by atoms with Gasteiger partial charge in [-0.15, -0.1) is 0 Å². The van der Waals surface area contributed by atoms with Crippen molar-refractivity contribution in [1.82, 2.24) is 0 Å². The van der Waals surface area contributed by atoms with E-state index in [0.29, 0.717) is 0 Å². The molecule has 14 heavy (non-hydrogen) atoms. The first-order chi connectivity index (χ1) is 6.71. The third kappa shape index (κ3) is 0.895. The highest BCUT2D eigenvalue weighted by Gasteiger charge is 2.52. The topological polar surface area (TPSA) is 41.1 Å². The molecule has 0 radical (unpaired) electrons. The van der Waals surface area contributed by atoms with Crippen LogP contribution in [-0.2, 0) is 4.79 Å². The summed E-state index contributed by atoms with van der Waals surface area (Å²) in [7, 11) is 0. The number of amides is 1. The van der Waals surface area contributed by atoms with Gasteiger partial charge in [0.05, 0.1) is 11.4 Å². The standard InChI is InChI=1S/C11H12N2O/c1-7-3-2-4-8-9(7)13-11(5-6-11)10(14)12-8/h2-4,13H,5-6H2,1H3,(H,12,14). The molecule has 1 aliphatic heterocycles.